The quantitative estimate of drug-likeness (QED) is 0.140. The molecule has 0 bridgehead atoms. The van der Waals surface area contributed by atoms with Crippen LogP contribution in [-0.4, -0.2) is 61.7 Å². The van der Waals surface area contributed by atoms with Crippen molar-refractivity contribution in [3.05, 3.63) is 23.3 Å². The minimum atomic E-state index is -1.90. The zero-order chi connectivity index (χ0) is 29.2. The Balaban J connectivity index is 1.83. The molecule has 7 nitrogen and oxygen atoms in total. The van der Waals surface area contributed by atoms with Gasteiger partial charge in [0.15, 0.2) is 5.78 Å². The average molecular weight is 549 g/mol. The molecule has 7 heteroatoms. The molecule has 0 aromatic carbocycles. The molecule has 222 valence electrons. The van der Waals surface area contributed by atoms with Crippen molar-refractivity contribution >= 4 is 11.8 Å². The van der Waals surface area contributed by atoms with Crippen LogP contribution in [0.15, 0.2) is 23.3 Å². The molecule has 0 aliphatic heterocycles. The Hall–Kier alpha value is -1.54. The van der Waals surface area contributed by atoms with Gasteiger partial charge in [-0.25, -0.2) is 0 Å². The molecule has 4 N–H and O–H groups in total. The lowest BCUT2D eigenvalue weighted by Gasteiger charge is -2.46. The molecular formula is C32H52O7. The van der Waals surface area contributed by atoms with Crippen molar-refractivity contribution in [3.63, 3.8) is 0 Å². The number of hydrogen-bond acceptors (Lipinski definition) is 7. The summed E-state index contributed by atoms with van der Waals surface area (Å²) < 4.78 is 6.18. The molecule has 0 saturated heterocycles. The highest BCUT2D eigenvalue weighted by molar-refractivity contribution is 6.04. The van der Waals surface area contributed by atoms with Crippen LogP contribution in [0.5, 0.6) is 0 Å². The molecule has 0 heterocycles. The first-order valence-corrected chi connectivity index (χ1v) is 15.1. The predicted octanol–water partition coefficient (Wildman–Crippen LogP) is 4.79. The lowest BCUT2D eigenvalue weighted by atomic mass is 9.66. The van der Waals surface area contributed by atoms with E-state index in [-0.39, 0.29) is 37.8 Å². The molecule has 0 radical (unpaired) electrons. The summed E-state index contributed by atoms with van der Waals surface area (Å²) in [5.41, 5.74) is -4.45. The zero-order valence-electron chi connectivity index (χ0n) is 25.0. The third-order valence-corrected chi connectivity index (χ3v) is 10.3. The van der Waals surface area contributed by atoms with Crippen LogP contribution >= 0.6 is 0 Å². The summed E-state index contributed by atoms with van der Waals surface area (Å²) in [6.07, 6.45) is 10.6. The van der Waals surface area contributed by atoms with Gasteiger partial charge >= 0.3 is 5.97 Å². The number of carbonyl (C=O) groups excluding carboxylic acids is 2. The van der Waals surface area contributed by atoms with Crippen LogP contribution in [0.2, 0.25) is 0 Å². The number of rotatable bonds is 14. The number of ketones is 1. The van der Waals surface area contributed by atoms with E-state index in [0.717, 1.165) is 19.3 Å². The van der Waals surface area contributed by atoms with E-state index in [1.807, 2.05) is 20.8 Å². The molecule has 0 aromatic rings. The molecule has 3 rings (SSSR count). The van der Waals surface area contributed by atoms with Crippen molar-refractivity contribution in [2.45, 2.75) is 135 Å². The summed E-state index contributed by atoms with van der Waals surface area (Å²) in [6.45, 7) is 11.2. The second-order valence-electron chi connectivity index (χ2n) is 13.0. The fraction of sp³-hybridized carbons (Fsp3) is 0.812. The number of unbranched alkanes of at least 4 members (excludes halogenated alkanes) is 6. The SMILES string of the molecule is CCCCCCCCCC(=O)O[C@@]1([C@H](O)[C@@H](C)[C@@]2(O)CC=C(CO)C[C@]3(O)C(=O)C(C)=C[C@@H]23)[C@H](CC)C1(C)C. The molecule has 3 aliphatic rings. The van der Waals surface area contributed by atoms with E-state index in [9.17, 15) is 30.0 Å². The van der Waals surface area contributed by atoms with E-state index in [1.165, 1.54) is 25.7 Å². The Kier molecular flexibility index (Phi) is 9.95. The van der Waals surface area contributed by atoms with Gasteiger partial charge in [-0.05, 0) is 37.3 Å². The molecule has 7 atom stereocenters. The highest BCUT2D eigenvalue weighted by atomic mass is 16.6. The van der Waals surface area contributed by atoms with E-state index in [0.29, 0.717) is 17.6 Å². The average Bonchev–Trinajstić information content (AvgIpc) is 3.33. The predicted molar refractivity (Wildman–Crippen MR) is 151 cm³/mol. The van der Waals surface area contributed by atoms with Gasteiger partial charge in [-0.3, -0.25) is 9.59 Å². The Bertz CT molecular complexity index is 968. The van der Waals surface area contributed by atoms with Gasteiger partial charge in [-0.15, -0.1) is 0 Å². The first-order chi connectivity index (χ1) is 18.3. The Labute approximate surface area is 234 Å². The largest absolute Gasteiger partial charge is 0.455 e. The lowest BCUT2D eigenvalue weighted by molar-refractivity contribution is -0.189. The third kappa shape index (κ3) is 5.53. The first kappa shape index (κ1) is 32.0. The molecule has 0 unspecified atom stereocenters. The smallest absolute Gasteiger partial charge is 0.306 e. The normalized spacial score (nSPS) is 35.0. The van der Waals surface area contributed by atoms with Crippen LogP contribution < -0.4 is 0 Å². The van der Waals surface area contributed by atoms with Gasteiger partial charge in [-0.1, -0.05) is 85.3 Å². The maximum Gasteiger partial charge on any atom is 0.306 e. The molecular weight excluding hydrogens is 496 g/mol. The van der Waals surface area contributed by atoms with Crippen LogP contribution in [0.25, 0.3) is 0 Å². The van der Waals surface area contributed by atoms with Crippen molar-refractivity contribution in [3.8, 4) is 0 Å². The second-order valence-corrected chi connectivity index (χ2v) is 13.0. The lowest BCUT2D eigenvalue weighted by Crippen LogP contribution is -2.59. The molecule has 39 heavy (non-hydrogen) atoms. The van der Waals surface area contributed by atoms with Crippen LogP contribution in [0.3, 0.4) is 0 Å². The van der Waals surface area contributed by atoms with Gasteiger partial charge in [0.05, 0.1) is 18.3 Å². The fourth-order valence-corrected chi connectivity index (χ4v) is 7.78. The third-order valence-electron chi connectivity index (χ3n) is 10.3. The van der Waals surface area contributed by atoms with Crippen molar-refractivity contribution in [1.82, 2.24) is 0 Å². The molecule has 0 aromatic heterocycles. The van der Waals surface area contributed by atoms with Gasteiger partial charge in [0, 0.05) is 36.0 Å². The number of aliphatic hydroxyl groups excluding tert-OH is 2. The summed E-state index contributed by atoms with van der Waals surface area (Å²) in [5, 5.41) is 45.6. The topological polar surface area (TPSA) is 124 Å². The molecule has 0 spiro atoms. The van der Waals surface area contributed by atoms with Gasteiger partial charge in [-0.2, -0.15) is 0 Å². The second kappa shape index (κ2) is 12.1. The van der Waals surface area contributed by atoms with Crippen molar-refractivity contribution in [2.75, 3.05) is 6.61 Å². The first-order valence-electron chi connectivity index (χ1n) is 15.1. The minimum Gasteiger partial charge on any atom is -0.455 e. The maximum absolute atomic E-state index is 13.1. The zero-order valence-corrected chi connectivity index (χ0v) is 25.0. The van der Waals surface area contributed by atoms with E-state index >= 15 is 0 Å². The fourth-order valence-electron chi connectivity index (χ4n) is 7.78. The highest BCUT2D eigenvalue weighted by Crippen LogP contribution is 2.69. The van der Waals surface area contributed by atoms with Gasteiger partial charge in [0.2, 0.25) is 0 Å². The van der Waals surface area contributed by atoms with E-state index in [2.05, 4.69) is 6.92 Å². The summed E-state index contributed by atoms with van der Waals surface area (Å²) in [4.78, 5) is 26.1. The van der Waals surface area contributed by atoms with E-state index in [1.54, 1.807) is 26.0 Å². The molecule has 1 fully saturated rings. The summed E-state index contributed by atoms with van der Waals surface area (Å²) in [7, 11) is 0. The van der Waals surface area contributed by atoms with Crippen LogP contribution in [0.1, 0.15) is 112 Å². The number of fused-ring (bicyclic) bond motifs is 1. The molecule has 0 amide bonds. The molecule has 3 aliphatic carbocycles. The Morgan fingerprint density at radius 1 is 1.10 bits per heavy atom. The number of esters is 1. The number of Topliss-reactive ketones (excluding diaryl/α,β-unsaturated/α-hetero) is 1. The summed E-state index contributed by atoms with van der Waals surface area (Å²) >= 11 is 0. The van der Waals surface area contributed by atoms with Crippen molar-refractivity contribution < 1.29 is 34.8 Å². The molecule has 1 saturated carbocycles. The number of hydrogen-bond donors (Lipinski definition) is 4. The minimum absolute atomic E-state index is 0.0461. The standard InChI is InChI=1S/C32H52O7/c1-7-9-10-11-12-13-14-15-26(34)39-32(24(8-2)29(32,5)6)28(36)22(4)30(37)17-16-23(20-33)19-31(38)25(30)18-21(3)27(31)35/h16,18,22,24-25,28,33,36-38H,7-15,17,19-20H2,1-6H3/t22-,24-,25+,28-,30+,31-,32-/m1/s1. The van der Waals surface area contributed by atoms with Gasteiger partial charge in [0.25, 0.3) is 0 Å². The Morgan fingerprint density at radius 2 is 1.72 bits per heavy atom. The van der Waals surface area contributed by atoms with Crippen LogP contribution in [-0.2, 0) is 14.3 Å². The number of carbonyl (C=O) groups is 2. The van der Waals surface area contributed by atoms with Crippen molar-refractivity contribution in [2.24, 2.45) is 23.2 Å². The monoisotopic (exact) mass is 548 g/mol. The van der Waals surface area contributed by atoms with Crippen LogP contribution in [0, 0.1) is 23.2 Å². The maximum atomic E-state index is 13.1. The van der Waals surface area contributed by atoms with Crippen LogP contribution in [0.4, 0.5) is 0 Å². The number of aliphatic hydroxyl groups is 4. The van der Waals surface area contributed by atoms with E-state index < -0.39 is 45.9 Å². The summed E-state index contributed by atoms with van der Waals surface area (Å²) in [6, 6.07) is 0. The van der Waals surface area contributed by atoms with E-state index in [4.69, 9.17) is 4.74 Å². The highest BCUT2D eigenvalue weighted by Gasteiger charge is 2.78. The number of ether oxygens (including phenoxy) is 1. The van der Waals surface area contributed by atoms with Gasteiger partial charge in [0.1, 0.15) is 11.2 Å². The van der Waals surface area contributed by atoms with Crippen molar-refractivity contribution in [1.29, 1.82) is 0 Å². The van der Waals surface area contributed by atoms with Gasteiger partial charge < -0.3 is 25.2 Å². The summed E-state index contributed by atoms with van der Waals surface area (Å²) in [5.74, 6) is -2.72. The Morgan fingerprint density at radius 3 is 2.28 bits per heavy atom.